The summed E-state index contributed by atoms with van der Waals surface area (Å²) >= 11 is 6.17. The Morgan fingerprint density at radius 1 is 0.900 bits per heavy atom. The van der Waals surface area contributed by atoms with Crippen LogP contribution in [0.25, 0.3) is 22.0 Å². The number of fused-ring (bicyclic) bond motifs is 1. The number of hydrogen-bond acceptors (Lipinski definition) is 1. The first-order valence-corrected chi connectivity index (χ1v) is 13.3. The maximum Gasteiger partial charge on any atom is 0.416 e. The lowest BCUT2D eigenvalue weighted by molar-refractivity contribution is -0.137. The summed E-state index contributed by atoms with van der Waals surface area (Å²) in [6.45, 7) is 6.39. The SMILES string of the molecule is Cc1c(C)n(Cc2ccc(-c3ccccc3)cc2)c2ccc(C(=O)N[C@H](C)c3cc(C(F)(F)F)ccc3Cl)cc12. The summed E-state index contributed by atoms with van der Waals surface area (Å²) in [6, 6.07) is 26.6. The maximum atomic E-state index is 13.2. The van der Waals surface area contributed by atoms with E-state index in [1.807, 2.05) is 37.3 Å². The quantitative estimate of drug-likeness (QED) is 0.221. The molecule has 0 fully saturated rings. The van der Waals surface area contributed by atoms with Crippen molar-refractivity contribution in [3.05, 3.63) is 130 Å². The van der Waals surface area contributed by atoms with E-state index in [4.69, 9.17) is 11.6 Å². The lowest BCUT2D eigenvalue weighted by atomic mass is 10.0. The van der Waals surface area contributed by atoms with E-state index < -0.39 is 17.8 Å². The van der Waals surface area contributed by atoms with Gasteiger partial charge in [0, 0.05) is 33.7 Å². The third kappa shape index (κ3) is 5.50. The number of alkyl halides is 3. The van der Waals surface area contributed by atoms with Gasteiger partial charge in [-0.15, -0.1) is 0 Å². The third-order valence-corrected chi connectivity index (χ3v) is 7.78. The predicted octanol–water partition coefficient (Wildman–Crippen LogP) is 9.14. The van der Waals surface area contributed by atoms with Crippen LogP contribution in [0.4, 0.5) is 13.2 Å². The van der Waals surface area contributed by atoms with Crippen LogP contribution in [-0.4, -0.2) is 10.5 Å². The standard InChI is InChI=1S/C33H28ClF3N2O/c1-20-22(3)39(19-23-9-11-25(12-10-23)24-7-5-4-6-8-24)31-16-13-26(17-28(20)31)32(40)38-21(2)29-18-27(33(35,36)37)14-15-30(29)34/h4-18,21H,19H2,1-3H3,(H,38,40)/t21-/m1/s1. The molecular formula is C33H28ClF3N2O. The molecule has 0 spiro atoms. The van der Waals surface area contributed by atoms with Crippen molar-refractivity contribution in [1.82, 2.24) is 9.88 Å². The molecule has 204 valence electrons. The fourth-order valence-electron chi connectivity index (χ4n) is 5.02. The van der Waals surface area contributed by atoms with Crippen LogP contribution in [0.1, 0.15) is 51.3 Å². The second-order valence-corrected chi connectivity index (χ2v) is 10.4. The molecule has 4 aromatic carbocycles. The Morgan fingerprint density at radius 2 is 1.57 bits per heavy atom. The number of nitrogens with zero attached hydrogens (tertiary/aromatic N) is 1. The molecular weight excluding hydrogens is 533 g/mol. The molecule has 1 heterocycles. The first-order valence-electron chi connectivity index (χ1n) is 12.9. The third-order valence-electron chi connectivity index (χ3n) is 7.44. The number of amides is 1. The molecule has 1 aromatic heterocycles. The molecule has 0 aliphatic heterocycles. The molecule has 0 aliphatic carbocycles. The summed E-state index contributed by atoms with van der Waals surface area (Å²) in [5.41, 5.74) is 6.49. The van der Waals surface area contributed by atoms with E-state index in [0.29, 0.717) is 12.1 Å². The molecule has 0 unspecified atom stereocenters. The topological polar surface area (TPSA) is 34.0 Å². The van der Waals surface area contributed by atoms with Crippen molar-refractivity contribution in [1.29, 1.82) is 0 Å². The van der Waals surface area contributed by atoms with Crippen molar-refractivity contribution in [2.45, 2.75) is 39.5 Å². The van der Waals surface area contributed by atoms with E-state index in [-0.39, 0.29) is 16.5 Å². The van der Waals surface area contributed by atoms with Crippen molar-refractivity contribution in [3.8, 4) is 11.1 Å². The van der Waals surface area contributed by atoms with E-state index >= 15 is 0 Å². The van der Waals surface area contributed by atoms with E-state index in [0.717, 1.165) is 45.4 Å². The number of hydrogen-bond donors (Lipinski definition) is 1. The molecule has 0 saturated carbocycles. The summed E-state index contributed by atoms with van der Waals surface area (Å²) in [5, 5.41) is 3.92. The number of benzene rings is 4. The van der Waals surface area contributed by atoms with Gasteiger partial charge in [-0.1, -0.05) is 66.2 Å². The fourth-order valence-corrected chi connectivity index (χ4v) is 5.30. The van der Waals surface area contributed by atoms with Gasteiger partial charge in [-0.2, -0.15) is 13.2 Å². The zero-order chi connectivity index (χ0) is 28.6. The largest absolute Gasteiger partial charge is 0.416 e. The highest BCUT2D eigenvalue weighted by Crippen LogP contribution is 2.34. The van der Waals surface area contributed by atoms with Crippen LogP contribution in [0.5, 0.6) is 0 Å². The molecule has 3 nitrogen and oxygen atoms in total. The van der Waals surface area contributed by atoms with Gasteiger partial charge in [0.05, 0.1) is 11.6 Å². The van der Waals surface area contributed by atoms with Crippen LogP contribution in [0, 0.1) is 13.8 Å². The van der Waals surface area contributed by atoms with Crippen molar-refractivity contribution >= 4 is 28.4 Å². The lowest BCUT2D eigenvalue weighted by Crippen LogP contribution is -2.27. The number of carbonyl (C=O) groups excluding carboxylic acids is 1. The number of nitrogens with one attached hydrogen (secondary N) is 1. The minimum Gasteiger partial charge on any atom is -0.345 e. The number of rotatable bonds is 6. The Labute approximate surface area is 236 Å². The first kappa shape index (κ1) is 27.5. The molecule has 0 aliphatic rings. The van der Waals surface area contributed by atoms with Crippen LogP contribution in [-0.2, 0) is 12.7 Å². The summed E-state index contributed by atoms with van der Waals surface area (Å²) in [4.78, 5) is 13.1. The van der Waals surface area contributed by atoms with Crippen molar-refractivity contribution < 1.29 is 18.0 Å². The number of halogens is 4. The minimum atomic E-state index is -4.50. The molecule has 1 amide bonds. The summed E-state index contributed by atoms with van der Waals surface area (Å²) in [5.74, 6) is -0.385. The Morgan fingerprint density at radius 3 is 2.25 bits per heavy atom. The summed E-state index contributed by atoms with van der Waals surface area (Å²) in [7, 11) is 0. The van der Waals surface area contributed by atoms with Gasteiger partial charge >= 0.3 is 6.18 Å². The molecule has 0 radical (unpaired) electrons. The van der Waals surface area contributed by atoms with Gasteiger partial charge in [0.1, 0.15) is 0 Å². The lowest BCUT2D eigenvalue weighted by Gasteiger charge is -2.18. The second kappa shape index (κ2) is 10.9. The Kier molecular flexibility index (Phi) is 7.47. The van der Waals surface area contributed by atoms with Crippen LogP contribution < -0.4 is 5.32 Å². The average molecular weight is 561 g/mol. The molecule has 1 atom stereocenters. The van der Waals surface area contributed by atoms with Gasteiger partial charge < -0.3 is 9.88 Å². The van der Waals surface area contributed by atoms with Crippen LogP contribution in [0.15, 0.2) is 91.0 Å². The average Bonchev–Trinajstić information content (AvgIpc) is 3.17. The van der Waals surface area contributed by atoms with E-state index in [1.165, 1.54) is 11.6 Å². The molecule has 0 saturated heterocycles. The van der Waals surface area contributed by atoms with Gasteiger partial charge in [0.15, 0.2) is 0 Å². The number of aryl methyl sites for hydroxylation is 1. The van der Waals surface area contributed by atoms with Gasteiger partial charge in [-0.25, -0.2) is 0 Å². The minimum absolute atomic E-state index is 0.164. The zero-order valence-corrected chi connectivity index (χ0v) is 23.1. The van der Waals surface area contributed by atoms with Gasteiger partial charge in [-0.05, 0) is 85.0 Å². The van der Waals surface area contributed by atoms with Gasteiger partial charge in [0.25, 0.3) is 5.91 Å². The molecule has 7 heteroatoms. The van der Waals surface area contributed by atoms with Gasteiger partial charge in [-0.3, -0.25) is 4.79 Å². The Hall–Kier alpha value is -4.03. The molecule has 5 rings (SSSR count). The highest BCUT2D eigenvalue weighted by molar-refractivity contribution is 6.31. The number of carbonyl (C=O) groups is 1. The van der Waals surface area contributed by atoms with Crippen molar-refractivity contribution in [2.75, 3.05) is 0 Å². The van der Waals surface area contributed by atoms with Gasteiger partial charge in [0.2, 0.25) is 0 Å². The van der Waals surface area contributed by atoms with E-state index in [2.05, 4.69) is 53.2 Å². The summed E-state index contributed by atoms with van der Waals surface area (Å²) in [6.07, 6.45) is -4.50. The van der Waals surface area contributed by atoms with Crippen LogP contribution >= 0.6 is 11.6 Å². The molecule has 0 bridgehead atoms. The first-order chi connectivity index (χ1) is 19.0. The smallest absolute Gasteiger partial charge is 0.345 e. The van der Waals surface area contributed by atoms with Crippen LogP contribution in [0.2, 0.25) is 5.02 Å². The maximum absolute atomic E-state index is 13.2. The normalized spacial score (nSPS) is 12.5. The molecule has 5 aromatic rings. The van der Waals surface area contributed by atoms with Crippen molar-refractivity contribution in [3.63, 3.8) is 0 Å². The highest BCUT2D eigenvalue weighted by atomic mass is 35.5. The van der Waals surface area contributed by atoms with E-state index in [1.54, 1.807) is 13.0 Å². The monoisotopic (exact) mass is 560 g/mol. The fraction of sp³-hybridized carbons (Fsp3) is 0.182. The predicted molar refractivity (Wildman–Crippen MR) is 155 cm³/mol. The van der Waals surface area contributed by atoms with Crippen LogP contribution in [0.3, 0.4) is 0 Å². The molecule has 40 heavy (non-hydrogen) atoms. The van der Waals surface area contributed by atoms with Crippen molar-refractivity contribution in [2.24, 2.45) is 0 Å². The molecule has 1 N–H and O–H groups in total. The zero-order valence-electron chi connectivity index (χ0n) is 22.3. The van der Waals surface area contributed by atoms with E-state index in [9.17, 15) is 18.0 Å². The summed E-state index contributed by atoms with van der Waals surface area (Å²) < 4.78 is 41.8. The Balaban J connectivity index is 1.37. The highest BCUT2D eigenvalue weighted by Gasteiger charge is 2.31. The Bertz CT molecular complexity index is 1690. The number of aromatic nitrogens is 1. The second-order valence-electron chi connectivity index (χ2n) is 10.0.